The van der Waals surface area contributed by atoms with Crippen molar-refractivity contribution in [3.63, 3.8) is 0 Å². The number of nitrogens with zero attached hydrogens (tertiary/aromatic N) is 2. The number of hydrogen-bond acceptors (Lipinski definition) is 6. The van der Waals surface area contributed by atoms with Gasteiger partial charge < -0.3 is 20.8 Å². The number of nitrogens with one attached hydrogen (secondary N) is 2. The van der Waals surface area contributed by atoms with E-state index < -0.39 is 17.9 Å². The zero-order chi connectivity index (χ0) is 17.9. The van der Waals surface area contributed by atoms with Gasteiger partial charge in [0.05, 0.1) is 12.3 Å². The number of alkyl halides is 3. The van der Waals surface area contributed by atoms with E-state index >= 15 is 0 Å². The van der Waals surface area contributed by atoms with Gasteiger partial charge in [0, 0.05) is 17.1 Å². The normalized spacial score (nSPS) is 12.8. The Bertz CT molecular complexity index is 728. The molecule has 0 aliphatic rings. The Morgan fingerprint density at radius 1 is 1.25 bits per heavy atom. The van der Waals surface area contributed by atoms with Crippen LogP contribution in [0.25, 0.3) is 0 Å². The number of halogens is 4. The van der Waals surface area contributed by atoms with E-state index in [0.29, 0.717) is 6.07 Å². The minimum absolute atomic E-state index is 0.0930. The van der Waals surface area contributed by atoms with Gasteiger partial charge in [0.2, 0.25) is 5.95 Å². The van der Waals surface area contributed by atoms with E-state index in [-0.39, 0.29) is 34.8 Å². The molecule has 0 unspecified atom stereocenters. The summed E-state index contributed by atoms with van der Waals surface area (Å²) in [6.45, 7) is 1.25. The number of aliphatic hydroxyl groups excluding tert-OH is 1. The van der Waals surface area contributed by atoms with Crippen LogP contribution < -0.4 is 10.6 Å². The maximum atomic E-state index is 13.0. The first-order valence-corrected chi connectivity index (χ1v) is 7.16. The van der Waals surface area contributed by atoms with Gasteiger partial charge in [-0.3, -0.25) is 0 Å². The molecule has 1 atom stereocenters. The summed E-state index contributed by atoms with van der Waals surface area (Å²) in [6.07, 6.45) is -4.69. The summed E-state index contributed by atoms with van der Waals surface area (Å²) < 4.78 is 39.0. The number of aromatic hydroxyl groups is 1. The van der Waals surface area contributed by atoms with Crippen molar-refractivity contribution in [3.8, 4) is 5.75 Å². The number of rotatable bonds is 5. The Hall–Kier alpha value is -2.26. The summed E-state index contributed by atoms with van der Waals surface area (Å²) in [5.41, 5.74) is -1.08. The fourth-order valence-electron chi connectivity index (χ4n) is 1.73. The second-order valence-corrected chi connectivity index (χ2v) is 5.41. The Labute approximate surface area is 140 Å². The first kappa shape index (κ1) is 18.1. The summed E-state index contributed by atoms with van der Waals surface area (Å²) in [6, 6.07) is 4.23. The summed E-state index contributed by atoms with van der Waals surface area (Å²) in [5, 5.41) is 24.1. The van der Waals surface area contributed by atoms with E-state index in [9.17, 15) is 18.3 Å². The first-order valence-electron chi connectivity index (χ1n) is 6.78. The lowest BCUT2D eigenvalue weighted by atomic mass is 10.3. The highest BCUT2D eigenvalue weighted by molar-refractivity contribution is 6.30. The van der Waals surface area contributed by atoms with Crippen LogP contribution in [0.2, 0.25) is 5.02 Å². The van der Waals surface area contributed by atoms with Crippen LogP contribution in [0, 0.1) is 0 Å². The number of benzene rings is 1. The van der Waals surface area contributed by atoms with Crippen LogP contribution in [0.15, 0.2) is 24.3 Å². The Balaban J connectivity index is 2.40. The number of aliphatic hydroxyl groups is 1. The van der Waals surface area contributed by atoms with Crippen LogP contribution in [0.3, 0.4) is 0 Å². The smallest absolute Gasteiger partial charge is 0.433 e. The highest BCUT2D eigenvalue weighted by Gasteiger charge is 2.34. The highest BCUT2D eigenvalue weighted by Crippen LogP contribution is 2.33. The van der Waals surface area contributed by atoms with Gasteiger partial charge in [-0.25, -0.2) is 4.98 Å². The fourth-order valence-corrected chi connectivity index (χ4v) is 1.91. The second kappa shape index (κ2) is 7.10. The maximum Gasteiger partial charge on any atom is 0.433 e. The second-order valence-electron chi connectivity index (χ2n) is 4.97. The molecule has 0 amide bonds. The number of aromatic nitrogens is 2. The molecule has 1 heterocycles. The summed E-state index contributed by atoms with van der Waals surface area (Å²) in [5.74, 6) is -0.706. The first-order chi connectivity index (χ1) is 11.2. The molecule has 2 aromatic rings. The molecule has 10 heteroatoms. The molecule has 6 nitrogen and oxygen atoms in total. The van der Waals surface area contributed by atoms with E-state index in [4.69, 9.17) is 16.7 Å². The van der Waals surface area contributed by atoms with Crippen molar-refractivity contribution in [1.29, 1.82) is 0 Å². The van der Waals surface area contributed by atoms with Crippen LogP contribution in [0.4, 0.5) is 30.6 Å². The monoisotopic (exact) mass is 362 g/mol. The Kier molecular flexibility index (Phi) is 5.35. The molecule has 130 valence electrons. The molecule has 0 radical (unpaired) electrons. The van der Waals surface area contributed by atoms with Gasteiger partial charge in [-0.15, -0.1) is 0 Å². The predicted molar refractivity (Wildman–Crippen MR) is 83.6 cm³/mol. The topological polar surface area (TPSA) is 90.3 Å². The molecule has 1 aromatic carbocycles. The molecule has 0 aliphatic carbocycles. The molecule has 0 fully saturated rings. The quantitative estimate of drug-likeness (QED) is 0.610. The van der Waals surface area contributed by atoms with Crippen LogP contribution in [0.5, 0.6) is 5.75 Å². The molecule has 4 N–H and O–H groups in total. The molecule has 0 bridgehead atoms. The molecule has 2 rings (SSSR count). The standard InChI is InChI=1S/C14H14ClF3N4O2/c1-7(6-23)19-13-21-11(14(16,17)18)5-12(22-13)20-9-4-8(15)2-3-10(9)24/h2-5,7,23-24H,6H2,1H3,(H2,19,20,21,22)/t7-/m1/s1. The van der Waals surface area contributed by atoms with Gasteiger partial charge in [-0.2, -0.15) is 18.2 Å². The number of phenols is 1. The Morgan fingerprint density at radius 3 is 2.58 bits per heavy atom. The zero-order valence-corrected chi connectivity index (χ0v) is 13.2. The molecule has 0 spiro atoms. The lowest BCUT2D eigenvalue weighted by molar-refractivity contribution is -0.141. The van der Waals surface area contributed by atoms with Gasteiger partial charge in [-0.05, 0) is 25.1 Å². The number of phenolic OH excluding ortho intramolecular Hbond substituents is 1. The van der Waals surface area contributed by atoms with Gasteiger partial charge in [0.25, 0.3) is 0 Å². The molecule has 0 saturated heterocycles. The molecule has 24 heavy (non-hydrogen) atoms. The summed E-state index contributed by atoms with van der Waals surface area (Å²) in [7, 11) is 0. The van der Waals surface area contributed by atoms with E-state index in [0.717, 1.165) is 0 Å². The van der Waals surface area contributed by atoms with Crippen molar-refractivity contribution in [2.45, 2.75) is 19.1 Å². The minimum Gasteiger partial charge on any atom is -0.506 e. The minimum atomic E-state index is -4.69. The van der Waals surface area contributed by atoms with Gasteiger partial charge in [0.1, 0.15) is 11.6 Å². The van der Waals surface area contributed by atoms with Crippen molar-refractivity contribution >= 4 is 29.1 Å². The SMILES string of the molecule is C[C@H](CO)Nc1nc(Nc2cc(Cl)ccc2O)cc(C(F)(F)F)n1. The number of hydrogen-bond donors (Lipinski definition) is 4. The van der Waals surface area contributed by atoms with Crippen molar-refractivity contribution in [2.24, 2.45) is 0 Å². The predicted octanol–water partition coefficient (Wildman–Crippen LogP) is 3.39. The molecular weight excluding hydrogens is 349 g/mol. The Morgan fingerprint density at radius 2 is 1.96 bits per heavy atom. The van der Waals surface area contributed by atoms with Crippen LogP contribution in [-0.2, 0) is 6.18 Å². The van der Waals surface area contributed by atoms with Crippen LogP contribution >= 0.6 is 11.6 Å². The van der Waals surface area contributed by atoms with E-state index in [2.05, 4.69) is 20.6 Å². The van der Waals surface area contributed by atoms with Crippen LogP contribution in [0.1, 0.15) is 12.6 Å². The average molecular weight is 363 g/mol. The number of anilines is 3. The largest absolute Gasteiger partial charge is 0.506 e. The van der Waals surface area contributed by atoms with Crippen molar-refractivity contribution in [2.75, 3.05) is 17.2 Å². The summed E-state index contributed by atoms with van der Waals surface area (Å²) >= 11 is 5.80. The van der Waals surface area contributed by atoms with E-state index in [1.807, 2.05) is 0 Å². The maximum absolute atomic E-state index is 13.0. The van der Waals surface area contributed by atoms with Gasteiger partial charge >= 0.3 is 6.18 Å². The third-order valence-electron chi connectivity index (χ3n) is 2.89. The van der Waals surface area contributed by atoms with E-state index in [1.54, 1.807) is 6.92 Å². The van der Waals surface area contributed by atoms with Gasteiger partial charge in [0.15, 0.2) is 5.69 Å². The highest BCUT2D eigenvalue weighted by atomic mass is 35.5. The molecule has 1 aromatic heterocycles. The average Bonchev–Trinajstić information content (AvgIpc) is 2.49. The fraction of sp³-hybridized carbons (Fsp3) is 0.286. The molecule has 0 aliphatic heterocycles. The van der Waals surface area contributed by atoms with Crippen molar-refractivity contribution in [3.05, 3.63) is 35.0 Å². The van der Waals surface area contributed by atoms with Crippen LogP contribution in [-0.4, -0.2) is 32.8 Å². The molecular formula is C14H14ClF3N4O2. The lowest BCUT2D eigenvalue weighted by Crippen LogP contribution is -2.22. The summed E-state index contributed by atoms with van der Waals surface area (Å²) in [4.78, 5) is 7.29. The van der Waals surface area contributed by atoms with Gasteiger partial charge in [-0.1, -0.05) is 11.6 Å². The molecule has 0 saturated carbocycles. The third kappa shape index (κ3) is 4.62. The van der Waals surface area contributed by atoms with Crippen molar-refractivity contribution < 1.29 is 23.4 Å². The zero-order valence-electron chi connectivity index (χ0n) is 12.4. The lowest BCUT2D eigenvalue weighted by Gasteiger charge is -2.15. The van der Waals surface area contributed by atoms with Crippen molar-refractivity contribution in [1.82, 2.24) is 9.97 Å². The van der Waals surface area contributed by atoms with E-state index in [1.165, 1.54) is 18.2 Å². The third-order valence-corrected chi connectivity index (χ3v) is 3.12.